The Morgan fingerprint density at radius 3 is 2.53 bits per heavy atom. The number of allylic oxidation sites excluding steroid dienone is 2. The van der Waals surface area contributed by atoms with Gasteiger partial charge in [-0.25, -0.2) is 0 Å². The smallest absolute Gasteiger partial charge is 0.177 e. The predicted molar refractivity (Wildman–Crippen MR) is 81.6 cm³/mol. The van der Waals surface area contributed by atoms with E-state index in [1.165, 1.54) is 0 Å². The van der Waals surface area contributed by atoms with Crippen molar-refractivity contribution in [1.82, 2.24) is 5.32 Å². The summed E-state index contributed by atoms with van der Waals surface area (Å²) in [7, 11) is 0. The third-order valence-corrected chi connectivity index (χ3v) is 4.69. The molecular weight excluding hydrogens is 282 g/mol. The van der Waals surface area contributed by atoms with Crippen LogP contribution in [-0.2, 0) is 9.47 Å². The molecule has 0 aliphatic carbocycles. The molecule has 0 aromatic carbocycles. The van der Waals surface area contributed by atoms with Gasteiger partial charge in [-0.1, -0.05) is 18.2 Å². The highest BCUT2D eigenvalue weighted by Gasteiger charge is 2.19. The van der Waals surface area contributed by atoms with Crippen molar-refractivity contribution in [3.05, 3.63) is 24.3 Å². The van der Waals surface area contributed by atoms with Gasteiger partial charge in [0, 0.05) is 6.54 Å². The molecule has 0 aromatic rings. The Morgan fingerprint density at radius 2 is 1.89 bits per heavy atom. The van der Waals surface area contributed by atoms with Crippen molar-refractivity contribution in [2.75, 3.05) is 26.0 Å². The van der Waals surface area contributed by atoms with Crippen LogP contribution in [0.1, 0.15) is 12.8 Å². The molecular formula is C14H22ClNO2S. The zero-order valence-electron chi connectivity index (χ0n) is 11.3. The highest BCUT2D eigenvalue weighted by molar-refractivity contribution is 7.99. The van der Waals surface area contributed by atoms with Gasteiger partial charge in [0.05, 0.1) is 24.0 Å². The first-order chi connectivity index (χ1) is 9.28. The average molecular weight is 304 g/mol. The third-order valence-electron chi connectivity index (χ3n) is 3.38. The van der Waals surface area contributed by atoms with Crippen LogP contribution in [0.4, 0.5) is 0 Å². The SMILES string of the molecule is CSC1COC(/C=C/C=C/C2CCC(Cl)NC2)OC1. The first-order valence-electron chi connectivity index (χ1n) is 6.76. The molecule has 2 aliphatic rings. The van der Waals surface area contributed by atoms with Crippen LogP contribution < -0.4 is 5.32 Å². The summed E-state index contributed by atoms with van der Waals surface area (Å²) in [6, 6.07) is 0. The molecule has 5 heteroatoms. The molecule has 1 N–H and O–H groups in total. The standard InChI is InChI=1S/C14H22ClNO2S/c1-19-12-9-17-14(18-10-12)5-3-2-4-11-6-7-13(15)16-8-11/h2-5,11-14,16H,6-10H2,1H3/b4-2+,5-3+. The van der Waals surface area contributed by atoms with E-state index in [0.717, 1.165) is 32.6 Å². The van der Waals surface area contributed by atoms with Crippen molar-refractivity contribution in [3.63, 3.8) is 0 Å². The van der Waals surface area contributed by atoms with Crippen LogP contribution in [0.2, 0.25) is 0 Å². The lowest BCUT2D eigenvalue weighted by molar-refractivity contribution is -0.146. The molecule has 2 saturated heterocycles. The summed E-state index contributed by atoms with van der Waals surface area (Å²) < 4.78 is 11.2. The third kappa shape index (κ3) is 5.48. The van der Waals surface area contributed by atoms with Crippen molar-refractivity contribution in [3.8, 4) is 0 Å². The van der Waals surface area contributed by atoms with Crippen molar-refractivity contribution >= 4 is 23.4 Å². The van der Waals surface area contributed by atoms with Crippen molar-refractivity contribution < 1.29 is 9.47 Å². The number of alkyl halides is 1. The Labute approximate surface area is 124 Å². The maximum absolute atomic E-state index is 5.98. The molecule has 0 radical (unpaired) electrons. The van der Waals surface area contributed by atoms with Crippen LogP contribution in [0.5, 0.6) is 0 Å². The predicted octanol–water partition coefficient (Wildman–Crippen LogP) is 2.77. The maximum Gasteiger partial charge on any atom is 0.177 e. The quantitative estimate of drug-likeness (QED) is 0.491. The average Bonchev–Trinajstić information content (AvgIpc) is 2.46. The van der Waals surface area contributed by atoms with Crippen LogP contribution >= 0.6 is 23.4 Å². The summed E-state index contributed by atoms with van der Waals surface area (Å²) in [5.41, 5.74) is 0.147. The van der Waals surface area contributed by atoms with Crippen LogP contribution in [0.3, 0.4) is 0 Å². The van der Waals surface area contributed by atoms with Gasteiger partial charge in [0.1, 0.15) is 0 Å². The number of nitrogens with one attached hydrogen (secondary N) is 1. The van der Waals surface area contributed by atoms with Gasteiger partial charge in [0.2, 0.25) is 0 Å². The van der Waals surface area contributed by atoms with Gasteiger partial charge >= 0.3 is 0 Å². The van der Waals surface area contributed by atoms with Gasteiger partial charge < -0.3 is 14.8 Å². The molecule has 2 unspecified atom stereocenters. The fourth-order valence-corrected chi connectivity index (χ4v) is 2.78. The second-order valence-electron chi connectivity index (χ2n) is 4.88. The van der Waals surface area contributed by atoms with E-state index in [-0.39, 0.29) is 11.8 Å². The van der Waals surface area contributed by atoms with E-state index in [1.807, 2.05) is 12.2 Å². The molecule has 108 valence electrons. The molecule has 0 aromatic heterocycles. The molecule has 2 heterocycles. The van der Waals surface area contributed by atoms with E-state index >= 15 is 0 Å². The van der Waals surface area contributed by atoms with E-state index in [1.54, 1.807) is 11.8 Å². The molecule has 0 spiro atoms. The molecule has 2 aliphatic heterocycles. The minimum Gasteiger partial charge on any atom is -0.348 e. The summed E-state index contributed by atoms with van der Waals surface area (Å²) in [6.07, 6.45) is 12.4. The number of piperidine rings is 1. The van der Waals surface area contributed by atoms with Gasteiger partial charge in [-0.05, 0) is 31.1 Å². The lowest BCUT2D eigenvalue weighted by atomic mass is 9.99. The number of hydrogen-bond acceptors (Lipinski definition) is 4. The van der Waals surface area contributed by atoms with Crippen molar-refractivity contribution in [2.24, 2.45) is 5.92 Å². The monoisotopic (exact) mass is 303 g/mol. The summed E-state index contributed by atoms with van der Waals surface area (Å²) in [5, 5.41) is 3.74. The van der Waals surface area contributed by atoms with Gasteiger partial charge in [-0.3, -0.25) is 0 Å². The summed E-state index contributed by atoms with van der Waals surface area (Å²) >= 11 is 7.77. The maximum atomic E-state index is 5.98. The van der Waals surface area contributed by atoms with Gasteiger partial charge in [0.15, 0.2) is 6.29 Å². The second kappa shape index (κ2) is 8.32. The van der Waals surface area contributed by atoms with Crippen LogP contribution in [0.25, 0.3) is 0 Å². The first kappa shape index (κ1) is 15.4. The van der Waals surface area contributed by atoms with Crippen molar-refractivity contribution in [2.45, 2.75) is 29.9 Å². The summed E-state index contributed by atoms with van der Waals surface area (Å²) in [4.78, 5) is 0. The molecule has 0 amide bonds. The molecule has 0 saturated carbocycles. The van der Waals surface area contributed by atoms with Crippen molar-refractivity contribution in [1.29, 1.82) is 0 Å². The highest BCUT2D eigenvalue weighted by Crippen LogP contribution is 2.18. The summed E-state index contributed by atoms with van der Waals surface area (Å²) in [5.74, 6) is 0.578. The minimum absolute atomic E-state index is 0.147. The van der Waals surface area contributed by atoms with E-state index in [0.29, 0.717) is 11.2 Å². The van der Waals surface area contributed by atoms with Gasteiger partial charge in [-0.15, -0.1) is 11.6 Å². The number of hydrogen-bond donors (Lipinski definition) is 1. The van der Waals surface area contributed by atoms with Crippen LogP contribution in [-0.4, -0.2) is 43.1 Å². The topological polar surface area (TPSA) is 30.5 Å². The van der Waals surface area contributed by atoms with E-state index in [2.05, 4.69) is 23.7 Å². The van der Waals surface area contributed by atoms with E-state index in [9.17, 15) is 0 Å². The lowest BCUT2D eigenvalue weighted by Crippen LogP contribution is -2.34. The fourth-order valence-electron chi connectivity index (χ4n) is 2.13. The van der Waals surface area contributed by atoms with Crippen LogP contribution in [0.15, 0.2) is 24.3 Å². The van der Waals surface area contributed by atoms with E-state index in [4.69, 9.17) is 21.1 Å². The normalized spacial score (nSPS) is 37.2. The van der Waals surface area contributed by atoms with Gasteiger partial charge in [0.25, 0.3) is 0 Å². The molecule has 2 atom stereocenters. The number of thioether (sulfide) groups is 1. The fraction of sp³-hybridized carbons (Fsp3) is 0.714. The first-order valence-corrected chi connectivity index (χ1v) is 8.49. The molecule has 3 nitrogen and oxygen atoms in total. The molecule has 0 bridgehead atoms. The molecule has 19 heavy (non-hydrogen) atoms. The van der Waals surface area contributed by atoms with Crippen LogP contribution in [0, 0.1) is 5.92 Å². The Balaban J connectivity index is 1.66. The Morgan fingerprint density at radius 1 is 1.16 bits per heavy atom. The Bertz CT molecular complexity index is 309. The Kier molecular flexibility index (Phi) is 6.74. The zero-order valence-corrected chi connectivity index (χ0v) is 12.8. The molecule has 2 fully saturated rings. The van der Waals surface area contributed by atoms with E-state index < -0.39 is 0 Å². The highest BCUT2D eigenvalue weighted by atomic mass is 35.5. The lowest BCUT2D eigenvalue weighted by Gasteiger charge is -2.26. The summed E-state index contributed by atoms with van der Waals surface area (Å²) in [6.45, 7) is 2.50. The number of rotatable bonds is 4. The minimum atomic E-state index is -0.190. The molecule has 2 rings (SSSR count). The number of halogens is 1. The van der Waals surface area contributed by atoms with Gasteiger partial charge in [-0.2, -0.15) is 11.8 Å². The Hall–Kier alpha value is -0.0000000000000000416. The zero-order chi connectivity index (χ0) is 13.5. The second-order valence-corrected chi connectivity index (χ2v) is 6.54. The number of ether oxygens (including phenoxy) is 2. The largest absolute Gasteiger partial charge is 0.348 e.